The minimum absolute atomic E-state index is 0.00549. The second-order valence-corrected chi connectivity index (χ2v) is 8.66. The van der Waals surface area contributed by atoms with Crippen molar-refractivity contribution in [2.45, 2.75) is 19.3 Å². The van der Waals surface area contributed by atoms with Gasteiger partial charge in [0.05, 0.1) is 7.11 Å². The first-order valence-corrected chi connectivity index (χ1v) is 11.4. The van der Waals surface area contributed by atoms with Gasteiger partial charge in [0.25, 0.3) is 5.92 Å². The summed E-state index contributed by atoms with van der Waals surface area (Å²) in [5.74, 6) is -9.74. The van der Waals surface area contributed by atoms with Gasteiger partial charge in [-0.05, 0) is 53.4 Å². The number of hydrogen-bond acceptors (Lipinski definition) is 2. The van der Waals surface area contributed by atoms with Crippen molar-refractivity contribution in [2.75, 3.05) is 13.7 Å². The number of halogens is 7. The van der Waals surface area contributed by atoms with Gasteiger partial charge in [-0.1, -0.05) is 42.5 Å². The maximum absolute atomic E-state index is 14.6. The summed E-state index contributed by atoms with van der Waals surface area (Å²) in [6.07, 6.45) is -0.756. The summed E-state index contributed by atoms with van der Waals surface area (Å²) in [7, 11) is 1.17. The van der Waals surface area contributed by atoms with Crippen LogP contribution in [0, 0.1) is 36.0 Å². The Bertz CT molecular complexity index is 1470. The summed E-state index contributed by atoms with van der Waals surface area (Å²) in [4.78, 5) is 0. The molecule has 0 radical (unpaired) electrons. The number of aryl methyl sites for hydroxylation is 1. The summed E-state index contributed by atoms with van der Waals surface area (Å²) in [6.45, 7) is 0.270. The second-order valence-electron chi connectivity index (χ2n) is 8.66. The predicted octanol–water partition coefficient (Wildman–Crippen LogP) is 8.29. The topological polar surface area (TPSA) is 18.5 Å². The van der Waals surface area contributed by atoms with E-state index in [1.165, 1.54) is 68.6 Å². The number of hydrogen-bond donors (Lipinski definition) is 0. The second kappa shape index (κ2) is 10.8. The average Bonchev–Trinajstić information content (AvgIpc) is 2.89. The minimum atomic E-state index is -3.40. The van der Waals surface area contributed by atoms with Crippen LogP contribution in [0.1, 0.15) is 11.1 Å². The molecule has 0 aliphatic carbocycles. The molecule has 0 aromatic heterocycles. The first-order chi connectivity index (χ1) is 18.0. The molecule has 2 nitrogen and oxygen atoms in total. The Balaban J connectivity index is 1.43. The first kappa shape index (κ1) is 27.0. The zero-order valence-corrected chi connectivity index (χ0v) is 20.2. The molecule has 4 aromatic carbocycles. The fraction of sp³-hybridized carbons (Fsp3) is 0.172. The Hall–Kier alpha value is -4.01. The number of ether oxygens (including phenoxy) is 2. The van der Waals surface area contributed by atoms with Crippen molar-refractivity contribution in [3.05, 3.63) is 107 Å². The number of rotatable bonds is 8. The van der Waals surface area contributed by atoms with Crippen molar-refractivity contribution in [3.63, 3.8) is 0 Å². The molecule has 4 rings (SSSR count). The highest BCUT2D eigenvalue weighted by Gasteiger charge is 2.31. The zero-order valence-electron chi connectivity index (χ0n) is 20.2. The van der Waals surface area contributed by atoms with Gasteiger partial charge in [0.15, 0.2) is 41.4 Å². The van der Waals surface area contributed by atoms with Gasteiger partial charge in [-0.25, -0.2) is 26.3 Å². The van der Waals surface area contributed by atoms with E-state index < -0.39 is 53.8 Å². The Morgan fingerprint density at radius 3 is 1.89 bits per heavy atom. The molecule has 0 fully saturated rings. The smallest absolute Gasteiger partial charge is 0.285 e. The van der Waals surface area contributed by atoms with Crippen LogP contribution in [-0.4, -0.2) is 19.6 Å². The normalized spacial score (nSPS) is 11.5. The van der Waals surface area contributed by atoms with Gasteiger partial charge in [0.1, 0.15) is 0 Å². The van der Waals surface area contributed by atoms with Gasteiger partial charge in [-0.2, -0.15) is 4.39 Å². The fourth-order valence-corrected chi connectivity index (χ4v) is 3.90. The molecule has 0 aliphatic heterocycles. The summed E-state index contributed by atoms with van der Waals surface area (Å²) in [5.41, 5.74) is 0.408. The van der Waals surface area contributed by atoms with Gasteiger partial charge < -0.3 is 9.47 Å². The van der Waals surface area contributed by atoms with Crippen LogP contribution in [0.5, 0.6) is 11.5 Å². The molecule has 0 amide bonds. The summed E-state index contributed by atoms with van der Waals surface area (Å²) < 4.78 is 110. The molecular formula is C29H21F7O2. The Morgan fingerprint density at radius 2 is 1.24 bits per heavy atom. The Kier molecular flexibility index (Phi) is 7.66. The molecule has 0 saturated carbocycles. The quantitative estimate of drug-likeness (QED) is 0.212. The zero-order chi connectivity index (χ0) is 27.6. The van der Waals surface area contributed by atoms with E-state index in [-0.39, 0.29) is 33.6 Å². The van der Waals surface area contributed by atoms with Crippen molar-refractivity contribution in [3.8, 4) is 33.8 Å². The lowest BCUT2D eigenvalue weighted by Gasteiger charge is -2.18. The molecule has 0 spiro atoms. The standard InChI is InChI=1S/C29H21F7O2/c1-16-3-9-20(26(32)25(16)31)18-6-4-17(5-7-18)14-29(35,36)15-38-23-11-8-19(13-22(23)30)21-10-12-24(37-2)28(34)27(21)33/h3-13H,14-15H2,1-2H3. The van der Waals surface area contributed by atoms with Crippen molar-refractivity contribution in [1.29, 1.82) is 0 Å². The number of benzene rings is 4. The molecule has 0 unspecified atom stereocenters. The summed E-state index contributed by atoms with van der Waals surface area (Å²) in [5, 5.41) is 0. The van der Waals surface area contributed by atoms with Gasteiger partial charge in [0, 0.05) is 17.5 Å². The third-order valence-corrected chi connectivity index (χ3v) is 5.95. The van der Waals surface area contributed by atoms with E-state index in [9.17, 15) is 30.7 Å². The van der Waals surface area contributed by atoms with Crippen molar-refractivity contribution in [2.24, 2.45) is 0 Å². The summed E-state index contributed by atoms with van der Waals surface area (Å²) in [6, 6.07) is 13.8. The molecule has 0 N–H and O–H groups in total. The van der Waals surface area contributed by atoms with Crippen LogP contribution in [0.15, 0.2) is 66.7 Å². The molecule has 0 saturated heterocycles. The van der Waals surface area contributed by atoms with E-state index in [0.29, 0.717) is 5.56 Å². The van der Waals surface area contributed by atoms with Crippen LogP contribution in [0.25, 0.3) is 22.3 Å². The Labute approximate surface area is 214 Å². The average molecular weight is 534 g/mol. The molecular weight excluding hydrogens is 513 g/mol. The van der Waals surface area contributed by atoms with Gasteiger partial charge in [-0.15, -0.1) is 0 Å². The van der Waals surface area contributed by atoms with Crippen LogP contribution < -0.4 is 9.47 Å². The maximum Gasteiger partial charge on any atom is 0.285 e. The van der Waals surface area contributed by atoms with Gasteiger partial charge >= 0.3 is 0 Å². The lowest BCUT2D eigenvalue weighted by molar-refractivity contribution is -0.0408. The maximum atomic E-state index is 14.6. The fourth-order valence-electron chi connectivity index (χ4n) is 3.90. The number of alkyl halides is 2. The third kappa shape index (κ3) is 5.61. The van der Waals surface area contributed by atoms with E-state index >= 15 is 0 Å². The molecule has 4 aromatic rings. The Morgan fingerprint density at radius 1 is 0.658 bits per heavy atom. The van der Waals surface area contributed by atoms with Crippen LogP contribution in [-0.2, 0) is 6.42 Å². The van der Waals surface area contributed by atoms with E-state index in [0.717, 1.165) is 12.1 Å². The highest BCUT2D eigenvalue weighted by atomic mass is 19.3. The van der Waals surface area contributed by atoms with Gasteiger partial charge in [-0.3, -0.25) is 0 Å². The highest BCUT2D eigenvalue weighted by Crippen LogP contribution is 2.33. The van der Waals surface area contributed by atoms with Crippen LogP contribution in [0.2, 0.25) is 0 Å². The van der Waals surface area contributed by atoms with E-state index in [2.05, 4.69) is 0 Å². The van der Waals surface area contributed by atoms with Crippen LogP contribution in [0.4, 0.5) is 30.7 Å². The van der Waals surface area contributed by atoms with Crippen molar-refractivity contribution < 1.29 is 40.2 Å². The molecule has 0 atom stereocenters. The molecule has 0 bridgehead atoms. The van der Waals surface area contributed by atoms with Crippen LogP contribution >= 0.6 is 0 Å². The largest absolute Gasteiger partial charge is 0.494 e. The lowest BCUT2D eigenvalue weighted by atomic mass is 9.99. The van der Waals surface area contributed by atoms with E-state index in [4.69, 9.17) is 9.47 Å². The van der Waals surface area contributed by atoms with E-state index in [1.54, 1.807) is 0 Å². The first-order valence-electron chi connectivity index (χ1n) is 11.4. The summed E-state index contributed by atoms with van der Waals surface area (Å²) >= 11 is 0. The molecule has 198 valence electrons. The SMILES string of the molecule is COc1ccc(-c2ccc(OCC(F)(F)Cc3ccc(-c4ccc(C)c(F)c4F)cc3)c(F)c2)c(F)c1F. The molecule has 0 heterocycles. The minimum Gasteiger partial charge on any atom is -0.494 e. The van der Waals surface area contributed by atoms with Crippen molar-refractivity contribution >= 4 is 0 Å². The van der Waals surface area contributed by atoms with E-state index in [1.807, 2.05) is 0 Å². The molecule has 0 aliphatic rings. The highest BCUT2D eigenvalue weighted by molar-refractivity contribution is 5.67. The monoisotopic (exact) mass is 534 g/mol. The number of methoxy groups -OCH3 is 1. The molecule has 38 heavy (non-hydrogen) atoms. The third-order valence-electron chi connectivity index (χ3n) is 5.95. The van der Waals surface area contributed by atoms with Crippen LogP contribution in [0.3, 0.4) is 0 Å². The predicted molar refractivity (Wildman–Crippen MR) is 129 cm³/mol. The van der Waals surface area contributed by atoms with Gasteiger partial charge in [0.2, 0.25) is 5.82 Å². The lowest BCUT2D eigenvalue weighted by Crippen LogP contribution is -2.28. The molecule has 9 heteroatoms. The van der Waals surface area contributed by atoms with Crippen molar-refractivity contribution in [1.82, 2.24) is 0 Å².